The van der Waals surface area contributed by atoms with Crippen molar-refractivity contribution in [2.75, 3.05) is 5.32 Å². The third kappa shape index (κ3) is 3.86. The van der Waals surface area contributed by atoms with E-state index in [0.717, 1.165) is 17.7 Å². The fourth-order valence-corrected chi connectivity index (χ4v) is 5.74. The van der Waals surface area contributed by atoms with Crippen molar-refractivity contribution < 1.29 is 4.92 Å². The third-order valence-electron chi connectivity index (χ3n) is 6.31. The number of benzene rings is 3. The molecule has 0 fully saturated rings. The monoisotopic (exact) mass is 428 g/mol. The summed E-state index contributed by atoms with van der Waals surface area (Å²) in [6.45, 7) is 2.16. The van der Waals surface area contributed by atoms with Gasteiger partial charge in [0.1, 0.15) is 0 Å². The molecule has 156 valence electrons. The molecular formula is C26H24N2O2S. The van der Waals surface area contributed by atoms with Crippen molar-refractivity contribution in [1.29, 1.82) is 0 Å². The number of non-ortho nitro benzene ring substituents is 1. The number of hydrogen-bond donors (Lipinski definition) is 1. The molecule has 1 aliphatic carbocycles. The molecule has 1 heterocycles. The van der Waals surface area contributed by atoms with Crippen molar-refractivity contribution in [3.63, 3.8) is 0 Å². The zero-order valence-corrected chi connectivity index (χ0v) is 18.1. The number of nitro benzene ring substituents is 1. The number of hydrogen-bond acceptors (Lipinski definition) is 4. The lowest BCUT2D eigenvalue weighted by Crippen LogP contribution is -2.29. The van der Waals surface area contributed by atoms with E-state index in [4.69, 9.17) is 0 Å². The lowest BCUT2D eigenvalue weighted by molar-refractivity contribution is -0.384. The van der Waals surface area contributed by atoms with E-state index in [1.165, 1.54) is 27.3 Å². The summed E-state index contributed by atoms with van der Waals surface area (Å²) in [5, 5.41) is 15.0. The normalized spacial score (nSPS) is 21.3. The van der Waals surface area contributed by atoms with Crippen molar-refractivity contribution in [1.82, 2.24) is 0 Å². The number of anilines is 1. The van der Waals surface area contributed by atoms with E-state index in [-0.39, 0.29) is 16.7 Å². The van der Waals surface area contributed by atoms with Crippen LogP contribution in [0.25, 0.3) is 0 Å². The second kappa shape index (κ2) is 8.23. The van der Waals surface area contributed by atoms with Crippen LogP contribution >= 0.6 is 11.8 Å². The highest BCUT2D eigenvalue weighted by molar-refractivity contribution is 7.98. The Labute approximate surface area is 186 Å². The summed E-state index contributed by atoms with van der Waals surface area (Å²) >= 11 is 1.86. The Hall–Kier alpha value is -3.05. The zero-order valence-electron chi connectivity index (χ0n) is 17.3. The van der Waals surface area contributed by atoms with Gasteiger partial charge in [-0.05, 0) is 53.6 Å². The number of nitrogens with one attached hydrogen (secondary N) is 1. The van der Waals surface area contributed by atoms with Gasteiger partial charge < -0.3 is 5.32 Å². The summed E-state index contributed by atoms with van der Waals surface area (Å²) in [4.78, 5) is 12.3. The molecule has 0 radical (unpaired) electrons. The van der Waals surface area contributed by atoms with E-state index < -0.39 is 0 Å². The van der Waals surface area contributed by atoms with Gasteiger partial charge in [0.05, 0.1) is 11.0 Å². The lowest BCUT2D eigenvalue weighted by Gasteiger charge is -2.38. The zero-order chi connectivity index (χ0) is 21.4. The quantitative estimate of drug-likeness (QED) is 0.205. The van der Waals surface area contributed by atoms with E-state index in [1.54, 1.807) is 18.2 Å². The minimum atomic E-state index is -0.313. The first-order valence-corrected chi connectivity index (χ1v) is 11.6. The fourth-order valence-electron chi connectivity index (χ4n) is 4.89. The highest BCUT2D eigenvalue weighted by atomic mass is 32.2. The van der Waals surface area contributed by atoms with Crippen LogP contribution in [-0.4, -0.2) is 4.92 Å². The van der Waals surface area contributed by atoms with Gasteiger partial charge in [-0.1, -0.05) is 54.6 Å². The molecule has 0 aromatic heterocycles. The first-order chi connectivity index (χ1) is 15.1. The predicted molar refractivity (Wildman–Crippen MR) is 127 cm³/mol. The van der Waals surface area contributed by atoms with Crippen LogP contribution in [0, 0.1) is 23.0 Å². The molecule has 5 rings (SSSR count). The van der Waals surface area contributed by atoms with Gasteiger partial charge in [-0.2, -0.15) is 0 Å². The minimum Gasteiger partial charge on any atom is -0.377 e. The Morgan fingerprint density at radius 3 is 2.74 bits per heavy atom. The minimum absolute atomic E-state index is 0.0654. The fraction of sp³-hybridized carbons (Fsp3) is 0.231. The molecule has 5 heteroatoms. The van der Waals surface area contributed by atoms with Crippen LogP contribution in [0.4, 0.5) is 11.4 Å². The molecule has 0 amide bonds. The Morgan fingerprint density at radius 1 is 1.10 bits per heavy atom. The van der Waals surface area contributed by atoms with E-state index in [2.05, 4.69) is 60.8 Å². The smallest absolute Gasteiger partial charge is 0.269 e. The Bertz CT molecular complexity index is 1160. The number of thioether (sulfide) groups is 1. The Morgan fingerprint density at radius 2 is 1.94 bits per heavy atom. The third-order valence-corrected chi connectivity index (χ3v) is 7.40. The van der Waals surface area contributed by atoms with Crippen molar-refractivity contribution in [3.8, 4) is 0 Å². The lowest BCUT2D eigenvalue weighted by atomic mass is 9.76. The number of aryl methyl sites for hydroxylation is 1. The summed E-state index contributed by atoms with van der Waals surface area (Å²) in [6.07, 6.45) is 5.56. The molecule has 3 aromatic rings. The number of fused-ring (bicyclic) bond motifs is 3. The van der Waals surface area contributed by atoms with Crippen LogP contribution in [0.1, 0.15) is 40.6 Å². The summed E-state index contributed by atoms with van der Waals surface area (Å²) in [6, 6.07) is 22.3. The van der Waals surface area contributed by atoms with Gasteiger partial charge in [0, 0.05) is 34.4 Å². The van der Waals surface area contributed by atoms with Crippen molar-refractivity contribution >= 4 is 23.1 Å². The SMILES string of the molecule is Cc1cc(CSc2ccccc2)cc2c1N[C@H](c1cccc([N+](=O)[O-])c1)[C@H]1CC=C[C@H]21. The van der Waals surface area contributed by atoms with E-state index in [1.807, 2.05) is 23.9 Å². The Kier molecular flexibility index (Phi) is 5.28. The molecule has 4 nitrogen and oxygen atoms in total. The largest absolute Gasteiger partial charge is 0.377 e. The first-order valence-electron chi connectivity index (χ1n) is 10.6. The summed E-state index contributed by atoms with van der Waals surface area (Å²) in [5.41, 5.74) is 6.23. The summed E-state index contributed by atoms with van der Waals surface area (Å²) in [7, 11) is 0. The molecule has 1 N–H and O–H groups in total. The van der Waals surface area contributed by atoms with Crippen LogP contribution in [0.5, 0.6) is 0 Å². The molecular weight excluding hydrogens is 404 g/mol. The van der Waals surface area contributed by atoms with E-state index in [0.29, 0.717) is 11.8 Å². The van der Waals surface area contributed by atoms with Gasteiger partial charge >= 0.3 is 0 Å². The molecule has 3 atom stereocenters. The maximum atomic E-state index is 11.3. The average Bonchev–Trinajstić information content (AvgIpc) is 3.28. The number of nitrogens with zero attached hydrogens (tertiary/aromatic N) is 1. The van der Waals surface area contributed by atoms with E-state index in [9.17, 15) is 10.1 Å². The molecule has 0 unspecified atom stereocenters. The second-order valence-corrected chi connectivity index (χ2v) is 9.36. The molecule has 0 bridgehead atoms. The van der Waals surface area contributed by atoms with Crippen LogP contribution in [-0.2, 0) is 5.75 Å². The molecule has 31 heavy (non-hydrogen) atoms. The predicted octanol–water partition coefficient (Wildman–Crippen LogP) is 7.02. The molecule has 0 spiro atoms. The molecule has 3 aromatic carbocycles. The van der Waals surface area contributed by atoms with Gasteiger partial charge in [-0.25, -0.2) is 0 Å². The molecule has 0 saturated heterocycles. The van der Waals surface area contributed by atoms with Gasteiger partial charge in [0.15, 0.2) is 0 Å². The summed E-state index contributed by atoms with van der Waals surface area (Å²) in [5.74, 6) is 1.64. The molecule has 2 aliphatic rings. The number of nitro groups is 1. The van der Waals surface area contributed by atoms with Crippen molar-refractivity contribution in [2.45, 2.75) is 36.0 Å². The van der Waals surface area contributed by atoms with Crippen LogP contribution in [0.15, 0.2) is 83.8 Å². The van der Waals surface area contributed by atoms with Gasteiger partial charge in [0.25, 0.3) is 5.69 Å². The van der Waals surface area contributed by atoms with Crippen LogP contribution in [0.3, 0.4) is 0 Å². The van der Waals surface area contributed by atoms with Gasteiger partial charge in [0.2, 0.25) is 0 Å². The van der Waals surface area contributed by atoms with Crippen LogP contribution < -0.4 is 5.32 Å². The number of rotatable bonds is 5. The topological polar surface area (TPSA) is 55.2 Å². The maximum Gasteiger partial charge on any atom is 0.269 e. The van der Waals surface area contributed by atoms with Gasteiger partial charge in [-0.15, -0.1) is 11.8 Å². The van der Waals surface area contributed by atoms with E-state index >= 15 is 0 Å². The molecule has 0 saturated carbocycles. The number of allylic oxidation sites excluding steroid dienone is 2. The van der Waals surface area contributed by atoms with Crippen LogP contribution in [0.2, 0.25) is 0 Å². The first kappa shape index (κ1) is 19.9. The highest BCUT2D eigenvalue weighted by Crippen LogP contribution is 2.51. The molecule has 1 aliphatic heterocycles. The summed E-state index contributed by atoms with van der Waals surface area (Å²) < 4.78 is 0. The van der Waals surface area contributed by atoms with Gasteiger partial charge in [-0.3, -0.25) is 10.1 Å². The average molecular weight is 429 g/mol. The highest BCUT2D eigenvalue weighted by Gasteiger charge is 2.38. The van der Waals surface area contributed by atoms with Crippen molar-refractivity contribution in [2.24, 2.45) is 5.92 Å². The second-order valence-electron chi connectivity index (χ2n) is 8.31. The standard InChI is InChI=1S/C26H24N2O2S/c1-17-13-18(16-31-21-9-3-2-4-10-21)14-24-22-11-6-12-23(22)26(27-25(17)24)19-7-5-8-20(15-19)28(29)30/h2-11,13-15,22-23,26-27H,12,16H2,1H3/t22-,23-,26+/m0/s1. The Balaban J connectivity index is 1.47. The van der Waals surface area contributed by atoms with Crippen molar-refractivity contribution in [3.05, 3.63) is 111 Å². The maximum absolute atomic E-state index is 11.3.